The Morgan fingerprint density at radius 3 is 3.00 bits per heavy atom. The third kappa shape index (κ3) is 3.69. The smallest absolute Gasteiger partial charge is 0.192 e. The van der Waals surface area contributed by atoms with Crippen molar-refractivity contribution in [1.82, 2.24) is 0 Å². The van der Waals surface area contributed by atoms with Gasteiger partial charge in [-0.05, 0) is 24.0 Å². The molecule has 1 aliphatic rings. The number of epoxide rings is 1. The quantitative estimate of drug-likeness (QED) is 0.651. The maximum Gasteiger partial charge on any atom is 0.192 e. The van der Waals surface area contributed by atoms with Crippen LogP contribution < -0.4 is 0 Å². The van der Waals surface area contributed by atoms with E-state index in [2.05, 4.69) is 37.8 Å². The fraction of sp³-hybridized carbons (Fsp3) is 0.500. The Bertz CT molecular complexity index is 394. The van der Waals surface area contributed by atoms with Gasteiger partial charge >= 0.3 is 0 Å². The Morgan fingerprint density at radius 2 is 2.33 bits per heavy atom. The number of hydrogen-bond acceptors (Lipinski definition) is 2. The molecule has 0 bridgehead atoms. The molecule has 0 aliphatic carbocycles. The average molecular weight is 246 g/mol. The monoisotopic (exact) mass is 246 g/mol. The lowest BCUT2D eigenvalue weighted by Gasteiger charge is -2.12. The fourth-order valence-corrected chi connectivity index (χ4v) is 2.06. The third-order valence-electron chi connectivity index (χ3n) is 3.32. The van der Waals surface area contributed by atoms with Crippen LogP contribution in [0.25, 0.3) is 6.08 Å². The van der Waals surface area contributed by atoms with Gasteiger partial charge in [-0.1, -0.05) is 50.3 Å². The molecule has 98 valence electrons. The van der Waals surface area contributed by atoms with Crippen LogP contribution in [0.5, 0.6) is 0 Å². The van der Waals surface area contributed by atoms with Crippen LogP contribution in [0.2, 0.25) is 0 Å². The maximum absolute atomic E-state index is 5.87. The van der Waals surface area contributed by atoms with E-state index in [4.69, 9.17) is 9.47 Å². The molecule has 1 heterocycles. The molecule has 2 rings (SSSR count). The van der Waals surface area contributed by atoms with Gasteiger partial charge in [0.2, 0.25) is 0 Å². The second kappa shape index (κ2) is 6.17. The van der Waals surface area contributed by atoms with Crippen LogP contribution in [0.15, 0.2) is 30.8 Å². The van der Waals surface area contributed by atoms with Crippen molar-refractivity contribution in [2.75, 3.05) is 13.2 Å². The minimum atomic E-state index is -0.244. The Hall–Kier alpha value is -1.12. The van der Waals surface area contributed by atoms with Gasteiger partial charge in [-0.25, -0.2) is 0 Å². The van der Waals surface area contributed by atoms with E-state index in [1.807, 2.05) is 6.08 Å². The summed E-state index contributed by atoms with van der Waals surface area (Å²) in [5.41, 5.74) is 2.45. The topological polar surface area (TPSA) is 21.8 Å². The minimum Gasteiger partial charge on any atom is -0.347 e. The first-order valence-electron chi connectivity index (χ1n) is 6.77. The summed E-state index contributed by atoms with van der Waals surface area (Å²) in [5, 5.41) is 0. The van der Waals surface area contributed by atoms with Gasteiger partial charge in [-0.3, -0.25) is 0 Å². The minimum absolute atomic E-state index is 0.244. The molecule has 0 aromatic heterocycles. The second-order valence-corrected chi connectivity index (χ2v) is 4.85. The van der Waals surface area contributed by atoms with Crippen molar-refractivity contribution in [2.24, 2.45) is 0 Å². The summed E-state index contributed by atoms with van der Waals surface area (Å²) < 4.78 is 11.3. The van der Waals surface area contributed by atoms with E-state index in [9.17, 15) is 0 Å². The summed E-state index contributed by atoms with van der Waals surface area (Å²) in [5.74, 6) is -0.244. The van der Waals surface area contributed by atoms with Crippen molar-refractivity contribution < 1.29 is 9.47 Å². The summed E-state index contributed by atoms with van der Waals surface area (Å²) >= 11 is 0. The van der Waals surface area contributed by atoms with Crippen LogP contribution in [-0.2, 0) is 15.9 Å². The average Bonchev–Trinajstić information content (AvgIpc) is 3.17. The first-order chi connectivity index (χ1) is 8.78. The van der Waals surface area contributed by atoms with Crippen molar-refractivity contribution in [1.29, 1.82) is 0 Å². The van der Waals surface area contributed by atoms with E-state index in [1.165, 1.54) is 18.4 Å². The zero-order valence-electron chi connectivity index (χ0n) is 11.2. The first-order valence-corrected chi connectivity index (χ1v) is 6.77. The number of rotatable bonds is 8. The Morgan fingerprint density at radius 1 is 1.50 bits per heavy atom. The van der Waals surface area contributed by atoms with Crippen molar-refractivity contribution >= 4 is 6.08 Å². The fourth-order valence-electron chi connectivity index (χ4n) is 2.06. The van der Waals surface area contributed by atoms with Crippen LogP contribution >= 0.6 is 0 Å². The molecule has 0 saturated carbocycles. The highest BCUT2D eigenvalue weighted by Crippen LogP contribution is 2.34. The van der Waals surface area contributed by atoms with Gasteiger partial charge in [0.25, 0.3) is 0 Å². The van der Waals surface area contributed by atoms with Crippen LogP contribution in [-0.4, -0.2) is 19.0 Å². The third-order valence-corrected chi connectivity index (χ3v) is 3.32. The molecule has 1 aromatic rings. The predicted molar refractivity (Wildman–Crippen MR) is 74.4 cm³/mol. The molecule has 1 saturated heterocycles. The van der Waals surface area contributed by atoms with E-state index in [0.717, 1.165) is 31.6 Å². The molecule has 1 atom stereocenters. The lowest BCUT2D eigenvalue weighted by Crippen LogP contribution is -2.18. The standard InChI is InChI=1S/C16H22O2/c1-3-5-10-16(13-18-16)17-11-9-15-8-6-7-14(4-2)12-15/h4,6-8,12H,2-3,5,9-11,13H2,1H3. The molecular weight excluding hydrogens is 224 g/mol. The zero-order chi connectivity index (χ0) is 12.8. The number of unbranched alkanes of at least 4 members (excludes halogenated alkanes) is 1. The Balaban J connectivity index is 1.76. The summed E-state index contributed by atoms with van der Waals surface area (Å²) in [4.78, 5) is 0. The van der Waals surface area contributed by atoms with E-state index in [-0.39, 0.29) is 5.79 Å². The van der Waals surface area contributed by atoms with Crippen LogP contribution in [0.3, 0.4) is 0 Å². The SMILES string of the molecule is C=Cc1cccc(CCOC2(CCCC)CO2)c1. The molecule has 18 heavy (non-hydrogen) atoms. The largest absolute Gasteiger partial charge is 0.347 e. The van der Waals surface area contributed by atoms with Crippen molar-refractivity contribution in [3.05, 3.63) is 42.0 Å². The molecular formula is C16H22O2. The lowest BCUT2D eigenvalue weighted by atomic mass is 10.1. The number of ether oxygens (including phenoxy) is 2. The van der Waals surface area contributed by atoms with E-state index < -0.39 is 0 Å². The molecule has 0 radical (unpaired) electrons. The van der Waals surface area contributed by atoms with Crippen molar-refractivity contribution in [3.63, 3.8) is 0 Å². The molecule has 2 heteroatoms. The van der Waals surface area contributed by atoms with Crippen molar-refractivity contribution in [3.8, 4) is 0 Å². The van der Waals surface area contributed by atoms with Gasteiger partial charge in [-0.2, -0.15) is 0 Å². The predicted octanol–water partition coefficient (Wildman–Crippen LogP) is 3.81. The molecule has 1 aromatic carbocycles. The Kier molecular flexibility index (Phi) is 4.56. The first kappa shape index (κ1) is 13.3. The second-order valence-electron chi connectivity index (χ2n) is 4.85. The van der Waals surface area contributed by atoms with Crippen LogP contribution in [0.1, 0.15) is 37.3 Å². The summed E-state index contributed by atoms with van der Waals surface area (Å²) in [7, 11) is 0. The van der Waals surface area contributed by atoms with Gasteiger partial charge in [0, 0.05) is 6.42 Å². The number of benzene rings is 1. The van der Waals surface area contributed by atoms with Gasteiger partial charge in [0.05, 0.1) is 6.61 Å². The maximum atomic E-state index is 5.87. The Labute approximate surface area is 110 Å². The van der Waals surface area contributed by atoms with Crippen molar-refractivity contribution in [2.45, 2.75) is 38.4 Å². The van der Waals surface area contributed by atoms with Crippen LogP contribution in [0, 0.1) is 0 Å². The molecule has 0 spiro atoms. The van der Waals surface area contributed by atoms with E-state index >= 15 is 0 Å². The molecule has 1 fully saturated rings. The van der Waals surface area contributed by atoms with Gasteiger partial charge < -0.3 is 9.47 Å². The normalized spacial score (nSPS) is 21.8. The summed E-state index contributed by atoms with van der Waals surface area (Å²) in [6.45, 7) is 7.47. The van der Waals surface area contributed by atoms with Crippen LogP contribution in [0.4, 0.5) is 0 Å². The van der Waals surface area contributed by atoms with E-state index in [0.29, 0.717) is 0 Å². The highest BCUT2D eigenvalue weighted by atomic mass is 16.8. The number of hydrogen-bond donors (Lipinski definition) is 0. The van der Waals surface area contributed by atoms with Gasteiger partial charge in [0.1, 0.15) is 6.61 Å². The highest BCUT2D eigenvalue weighted by Gasteiger charge is 2.45. The van der Waals surface area contributed by atoms with E-state index in [1.54, 1.807) is 0 Å². The molecule has 0 amide bonds. The summed E-state index contributed by atoms with van der Waals surface area (Å²) in [6.07, 6.45) is 6.19. The zero-order valence-corrected chi connectivity index (χ0v) is 11.2. The summed E-state index contributed by atoms with van der Waals surface area (Å²) in [6, 6.07) is 8.41. The lowest BCUT2D eigenvalue weighted by molar-refractivity contribution is -0.0484. The van der Waals surface area contributed by atoms with Gasteiger partial charge in [-0.15, -0.1) is 0 Å². The highest BCUT2D eigenvalue weighted by molar-refractivity contribution is 5.47. The van der Waals surface area contributed by atoms with Gasteiger partial charge in [0.15, 0.2) is 5.79 Å². The molecule has 0 N–H and O–H groups in total. The molecule has 2 nitrogen and oxygen atoms in total. The molecule has 1 aliphatic heterocycles. The molecule has 1 unspecified atom stereocenters.